The molecule has 0 aromatic carbocycles. The molecule has 0 aliphatic heterocycles. The Morgan fingerprint density at radius 2 is 1.86 bits per heavy atom. The van der Waals surface area contributed by atoms with Crippen molar-refractivity contribution in [3.63, 3.8) is 0 Å². The summed E-state index contributed by atoms with van der Waals surface area (Å²) >= 11 is 0. The molecule has 14 heavy (non-hydrogen) atoms. The number of allylic oxidation sites excluding steroid dienone is 2. The zero-order valence-electron chi connectivity index (χ0n) is 9.67. The molecule has 1 atom stereocenters. The lowest BCUT2D eigenvalue weighted by molar-refractivity contribution is -0.108. The summed E-state index contributed by atoms with van der Waals surface area (Å²) < 4.78 is 0. The molecule has 0 aromatic heterocycles. The normalized spacial score (nSPS) is 13.3. The molecule has 0 N–H and O–H groups in total. The molecule has 1 unspecified atom stereocenters. The van der Waals surface area contributed by atoms with Gasteiger partial charge < -0.3 is 4.79 Å². The number of carbonyl (C=O) groups is 1. The van der Waals surface area contributed by atoms with E-state index in [4.69, 9.17) is 0 Å². The summed E-state index contributed by atoms with van der Waals surface area (Å²) in [6.07, 6.45) is 13.8. The minimum Gasteiger partial charge on any atom is -0.303 e. The molecule has 1 nitrogen and oxygen atoms in total. The van der Waals surface area contributed by atoms with Crippen LogP contribution < -0.4 is 0 Å². The second-order valence-corrected chi connectivity index (χ2v) is 4.06. The quantitative estimate of drug-likeness (QED) is 0.308. The molecule has 0 amide bonds. The van der Waals surface area contributed by atoms with E-state index in [9.17, 15) is 4.79 Å². The third-order valence-corrected chi connectivity index (χ3v) is 2.43. The molecule has 0 bridgehead atoms. The summed E-state index contributed by atoms with van der Waals surface area (Å²) in [5.41, 5.74) is 0. The van der Waals surface area contributed by atoms with Gasteiger partial charge >= 0.3 is 0 Å². The Morgan fingerprint density at radius 1 is 1.07 bits per heavy atom. The summed E-state index contributed by atoms with van der Waals surface area (Å²) in [6.45, 7) is 4.35. The first-order chi connectivity index (χ1) is 6.81. The molecule has 0 heterocycles. The lowest BCUT2D eigenvalue weighted by atomic mass is 10.0. The predicted octanol–water partition coefficient (Wildman–Crippen LogP) is 4.13. The molecular weight excluding hydrogens is 172 g/mol. The van der Waals surface area contributed by atoms with Gasteiger partial charge in [0, 0.05) is 6.42 Å². The van der Waals surface area contributed by atoms with Gasteiger partial charge in [0.2, 0.25) is 0 Å². The van der Waals surface area contributed by atoms with Crippen LogP contribution in [-0.4, -0.2) is 6.29 Å². The molecular formula is C13H24O. The lowest BCUT2D eigenvalue weighted by Gasteiger charge is -2.01. The van der Waals surface area contributed by atoms with E-state index in [2.05, 4.69) is 26.0 Å². The second-order valence-electron chi connectivity index (χ2n) is 4.06. The van der Waals surface area contributed by atoms with E-state index < -0.39 is 0 Å². The van der Waals surface area contributed by atoms with E-state index in [-0.39, 0.29) is 0 Å². The molecule has 0 aromatic rings. The Balaban J connectivity index is 3.22. The fourth-order valence-electron chi connectivity index (χ4n) is 1.40. The highest BCUT2D eigenvalue weighted by atomic mass is 16.1. The molecule has 82 valence electrons. The molecule has 0 spiro atoms. The molecule has 0 saturated heterocycles. The summed E-state index contributed by atoms with van der Waals surface area (Å²) in [5.74, 6) is 0.513. The SMILES string of the molecule is CCCCCCC=CCC(C)CC=O. The molecule has 1 heteroatoms. The fraction of sp³-hybridized carbons (Fsp3) is 0.769. The molecule has 0 aliphatic carbocycles. The zero-order chi connectivity index (χ0) is 10.6. The number of unbranched alkanes of at least 4 members (excludes halogenated alkanes) is 4. The number of carbonyl (C=O) groups excluding carboxylic acids is 1. The van der Waals surface area contributed by atoms with Crippen LogP contribution in [0.25, 0.3) is 0 Å². The molecule has 0 radical (unpaired) electrons. The molecule has 0 saturated carbocycles. The maximum absolute atomic E-state index is 10.2. The zero-order valence-corrected chi connectivity index (χ0v) is 9.67. The van der Waals surface area contributed by atoms with Crippen LogP contribution in [0.5, 0.6) is 0 Å². The van der Waals surface area contributed by atoms with Crippen LogP contribution in [0.4, 0.5) is 0 Å². The third kappa shape index (κ3) is 9.50. The number of hydrogen-bond acceptors (Lipinski definition) is 1. The highest BCUT2D eigenvalue weighted by molar-refractivity contribution is 5.49. The van der Waals surface area contributed by atoms with Crippen molar-refractivity contribution >= 4 is 6.29 Å². The van der Waals surface area contributed by atoms with Crippen molar-refractivity contribution in [2.45, 2.75) is 58.8 Å². The van der Waals surface area contributed by atoms with Crippen molar-refractivity contribution in [1.82, 2.24) is 0 Å². The van der Waals surface area contributed by atoms with Gasteiger partial charge in [0.15, 0.2) is 0 Å². The van der Waals surface area contributed by atoms with Crippen LogP contribution >= 0.6 is 0 Å². The number of hydrogen-bond donors (Lipinski definition) is 0. The number of aldehydes is 1. The van der Waals surface area contributed by atoms with Crippen molar-refractivity contribution in [3.05, 3.63) is 12.2 Å². The standard InChI is InChI=1S/C13H24O/c1-3-4-5-6-7-8-9-10-13(2)11-12-14/h8-9,12-13H,3-7,10-11H2,1-2H3. The van der Waals surface area contributed by atoms with Gasteiger partial charge in [-0.2, -0.15) is 0 Å². The van der Waals surface area contributed by atoms with E-state index in [1.54, 1.807) is 0 Å². The van der Waals surface area contributed by atoms with Crippen molar-refractivity contribution in [1.29, 1.82) is 0 Å². The first-order valence-corrected chi connectivity index (χ1v) is 5.89. The van der Waals surface area contributed by atoms with Crippen molar-refractivity contribution in [3.8, 4) is 0 Å². The Bertz CT molecular complexity index is 149. The summed E-state index contributed by atoms with van der Waals surface area (Å²) in [7, 11) is 0. The Morgan fingerprint density at radius 3 is 2.50 bits per heavy atom. The van der Waals surface area contributed by atoms with Gasteiger partial charge in [-0.1, -0.05) is 45.3 Å². The molecule has 0 aliphatic rings. The average molecular weight is 196 g/mol. The third-order valence-electron chi connectivity index (χ3n) is 2.43. The maximum atomic E-state index is 10.2. The van der Waals surface area contributed by atoms with Gasteiger partial charge in [-0.25, -0.2) is 0 Å². The van der Waals surface area contributed by atoms with Crippen LogP contribution in [0.1, 0.15) is 58.8 Å². The monoisotopic (exact) mass is 196 g/mol. The van der Waals surface area contributed by atoms with Crippen LogP contribution in [-0.2, 0) is 4.79 Å². The largest absolute Gasteiger partial charge is 0.303 e. The van der Waals surface area contributed by atoms with Gasteiger partial charge in [-0.05, 0) is 25.2 Å². The van der Waals surface area contributed by atoms with Gasteiger partial charge in [0.05, 0.1) is 0 Å². The van der Waals surface area contributed by atoms with Crippen LogP contribution in [0.3, 0.4) is 0 Å². The van der Waals surface area contributed by atoms with E-state index in [0.29, 0.717) is 12.3 Å². The van der Waals surface area contributed by atoms with Gasteiger partial charge in [0.1, 0.15) is 6.29 Å². The molecule has 0 fully saturated rings. The van der Waals surface area contributed by atoms with Crippen LogP contribution in [0.15, 0.2) is 12.2 Å². The average Bonchev–Trinajstić information content (AvgIpc) is 2.17. The van der Waals surface area contributed by atoms with Crippen molar-refractivity contribution in [2.75, 3.05) is 0 Å². The Hall–Kier alpha value is -0.590. The van der Waals surface area contributed by atoms with Gasteiger partial charge in [-0.15, -0.1) is 0 Å². The van der Waals surface area contributed by atoms with Gasteiger partial charge in [-0.3, -0.25) is 0 Å². The van der Waals surface area contributed by atoms with Crippen LogP contribution in [0.2, 0.25) is 0 Å². The number of rotatable bonds is 9. The van der Waals surface area contributed by atoms with Crippen molar-refractivity contribution in [2.24, 2.45) is 5.92 Å². The molecule has 0 rings (SSSR count). The van der Waals surface area contributed by atoms with E-state index in [0.717, 1.165) is 12.7 Å². The van der Waals surface area contributed by atoms with E-state index >= 15 is 0 Å². The topological polar surface area (TPSA) is 17.1 Å². The van der Waals surface area contributed by atoms with E-state index in [1.165, 1.54) is 32.1 Å². The maximum Gasteiger partial charge on any atom is 0.120 e. The van der Waals surface area contributed by atoms with Gasteiger partial charge in [0.25, 0.3) is 0 Å². The first-order valence-electron chi connectivity index (χ1n) is 5.89. The van der Waals surface area contributed by atoms with Crippen LogP contribution in [0, 0.1) is 5.92 Å². The van der Waals surface area contributed by atoms with E-state index in [1.807, 2.05) is 0 Å². The first kappa shape index (κ1) is 13.4. The second kappa shape index (κ2) is 10.5. The summed E-state index contributed by atoms with van der Waals surface area (Å²) in [4.78, 5) is 10.2. The smallest absolute Gasteiger partial charge is 0.120 e. The summed E-state index contributed by atoms with van der Waals surface area (Å²) in [5, 5.41) is 0. The lowest BCUT2D eigenvalue weighted by Crippen LogP contribution is -1.92. The summed E-state index contributed by atoms with van der Waals surface area (Å²) in [6, 6.07) is 0. The highest BCUT2D eigenvalue weighted by Crippen LogP contribution is 2.08. The Kier molecular flexibility index (Phi) is 10.0. The highest BCUT2D eigenvalue weighted by Gasteiger charge is 1.96. The predicted molar refractivity (Wildman–Crippen MR) is 62.4 cm³/mol. The minimum atomic E-state index is 0.513. The van der Waals surface area contributed by atoms with Crippen molar-refractivity contribution < 1.29 is 4.79 Å². The Labute approximate surface area is 88.6 Å². The fourth-order valence-corrected chi connectivity index (χ4v) is 1.40. The minimum absolute atomic E-state index is 0.513.